The van der Waals surface area contributed by atoms with Crippen LogP contribution in [0.4, 0.5) is 0 Å². The van der Waals surface area contributed by atoms with Gasteiger partial charge in [0.25, 0.3) is 0 Å². The van der Waals surface area contributed by atoms with Gasteiger partial charge in [0, 0.05) is 39.3 Å². The number of carbonyl (C=O) groups excluding carboxylic acids is 2. The first-order valence-electron chi connectivity index (χ1n) is 7.45. The van der Waals surface area contributed by atoms with Crippen LogP contribution in [0.5, 0.6) is 0 Å². The highest BCUT2D eigenvalue weighted by atomic mass is 16.5. The minimum atomic E-state index is -0.271. The monoisotopic (exact) mass is 299 g/mol. The van der Waals surface area contributed by atoms with Crippen LogP contribution in [0.3, 0.4) is 0 Å². The first-order valence-corrected chi connectivity index (χ1v) is 7.45. The molecule has 7 heteroatoms. The van der Waals surface area contributed by atoms with E-state index < -0.39 is 0 Å². The Balaban J connectivity index is 1.76. The molecule has 0 radical (unpaired) electrons. The predicted octanol–water partition coefficient (Wildman–Crippen LogP) is -0.976. The van der Waals surface area contributed by atoms with Crippen LogP contribution in [0.1, 0.15) is 6.42 Å². The number of ether oxygens (including phenoxy) is 2. The number of likely N-dealkylation sites (N-methyl/N-ethyl adjacent to an activating group) is 1. The summed E-state index contributed by atoms with van der Waals surface area (Å²) < 4.78 is 10.2. The lowest BCUT2D eigenvalue weighted by atomic mass is 10.2. The molecular weight excluding hydrogens is 274 g/mol. The van der Waals surface area contributed by atoms with Crippen LogP contribution in [0.15, 0.2) is 0 Å². The molecule has 1 unspecified atom stereocenters. The lowest BCUT2D eigenvalue weighted by Gasteiger charge is -2.36. The van der Waals surface area contributed by atoms with E-state index in [0.717, 1.165) is 32.7 Å². The summed E-state index contributed by atoms with van der Waals surface area (Å²) in [5.74, 6) is -0.103. The molecule has 0 aromatic rings. The molecule has 0 aliphatic carbocycles. The van der Waals surface area contributed by atoms with Crippen molar-refractivity contribution < 1.29 is 19.1 Å². The van der Waals surface area contributed by atoms with E-state index in [1.54, 1.807) is 0 Å². The number of rotatable bonds is 4. The van der Waals surface area contributed by atoms with Crippen molar-refractivity contribution in [1.82, 2.24) is 14.7 Å². The second kappa shape index (κ2) is 7.72. The van der Waals surface area contributed by atoms with Crippen molar-refractivity contribution in [3.8, 4) is 0 Å². The molecule has 0 aromatic heterocycles. The van der Waals surface area contributed by atoms with Gasteiger partial charge in [0.05, 0.1) is 32.8 Å². The Bertz CT molecular complexity index is 369. The number of piperazine rings is 1. The van der Waals surface area contributed by atoms with Gasteiger partial charge in [0.2, 0.25) is 5.91 Å². The molecule has 2 fully saturated rings. The maximum absolute atomic E-state index is 12.3. The molecule has 2 aliphatic heterocycles. The van der Waals surface area contributed by atoms with Crippen LogP contribution in [-0.2, 0) is 19.1 Å². The van der Waals surface area contributed by atoms with Gasteiger partial charge in [-0.15, -0.1) is 0 Å². The van der Waals surface area contributed by atoms with E-state index in [1.165, 1.54) is 7.11 Å². The summed E-state index contributed by atoms with van der Waals surface area (Å²) in [6, 6.07) is 0. The Morgan fingerprint density at radius 3 is 2.57 bits per heavy atom. The van der Waals surface area contributed by atoms with Gasteiger partial charge in [-0.25, -0.2) is 0 Å². The average molecular weight is 299 g/mol. The Hall–Kier alpha value is -1.18. The fourth-order valence-corrected chi connectivity index (χ4v) is 2.66. The first-order chi connectivity index (χ1) is 10.1. The number of hydrogen-bond acceptors (Lipinski definition) is 6. The van der Waals surface area contributed by atoms with E-state index >= 15 is 0 Å². The largest absolute Gasteiger partial charge is 0.469 e. The third-order valence-corrected chi connectivity index (χ3v) is 4.06. The number of hydrogen-bond donors (Lipinski definition) is 0. The van der Waals surface area contributed by atoms with E-state index in [2.05, 4.69) is 21.6 Å². The molecule has 0 N–H and O–H groups in total. The summed E-state index contributed by atoms with van der Waals surface area (Å²) in [6.45, 7) is 5.75. The molecule has 0 saturated carbocycles. The molecule has 1 amide bonds. The van der Waals surface area contributed by atoms with Gasteiger partial charge < -0.3 is 19.3 Å². The Kier molecular flexibility index (Phi) is 5.96. The van der Waals surface area contributed by atoms with Crippen LogP contribution in [0, 0.1) is 0 Å². The molecule has 0 bridgehead atoms. The molecule has 0 aromatic carbocycles. The van der Waals surface area contributed by atoms with Crippen molar-refractivity contribution >= 4 is 11.9 Å². The van der Waals surface area contributed by atoms with E-state index in [0.29, 0.717) is 19.7 Å². The first kappa shape index (κ1) is 16.2. The average Bonchev–Trinajstić information content (AvgIpc) is 2.48. The molecular formula is C14H25N3O4. The minimum Gasteiger partial charge on any atom is -0.469 e. The van der Waals surface area contributed by atoms with Crippen molar-refractivity contribution in [2.24, 2.45) is 0 Å². The summed E-state index contributed by atoms with van der Waals surface area (Å²) in [7, 11) is 3.45. The van der Waals surface area contributed by atoms with E-state index in [9.17, 15) is 9.59 Å². The van der Waals surface area contributed by atoms with Crippen LogP contribution >= 0.6 is 0 Å². The number of amides is 1. The Morgan fingerprint density at radius 2 is 1.90 bits per heavy atom. The van der Waals surface area contributed by atoms with Crippen LogP contribution < -0.4 is 0 Å². The van der Waals surface area contributed by atoms with Gasteiger partial charge in [0.15, 0.2) is 0 Å². The molecule has 2 saturated heterocycles. The predicted molar refractivity (Wildman–Crippen MR) is 76.9 cm³/mol. The molecule has 120 valence electrons. The fraction of sp³-hybridized carbons (Fsp3) is 0.857. The Morgan fingerprint density at radius 1 is 1.19 bits per heavy atom. The summed E-state index contributed by atoms with van der Waals surface area (Å²) in [5, 5.41) is 0. The lowest BCUT2D eigenvalue weighted by molar-refractivity contribution is -0.146. The van der Waals surface area contributed by atoms with E-state index in [1.807, 2.05) is 4.90 Å². The molecule has 0 spiro atoms. The SMILES string of the molecule is COC(=O)CC1CN(CC(=O)N2CCN(C)CC2)CCO1. The number of methoxy groups -OCH3 is 1. The second-order valence-corrected chi connectivity index (χ2v) is 5.69. The summed E-state index contributed by atoms with van der Waals surface area (Å²) in [5.41, 5.74) is 0. The molecule has 2 heterocycles. The molecule has 2 aliphatic rings. The zero-order chi connectivity index (χ0) is 15.2. The third-order valence-electron chi connectivity index (χ3n) is 4.06. The van der Waals surface area contributed by atoms with Gasteiger partial charge in [-0.3, -0.25) is 14.5 Å². The lowest BCUT2D eigenvalue weighted by Crippen LogP contribution is -2.52. The summed E-state index contributed by atoms with van der Waals surface area (Å²) in [6.07, 6.45) is 0.0712. The van der Waals surface area contributed by atoms with Crippen molar-refractivity contribution in [2.75, 3.05) is 66.6 Å². The maximum atomic E-state index is 12.3. The third kappa shape index (κ3) is 4.94. The topological polar surface area (TPSA) is 62.3 Å². The highest BCUT2D eigenvalue weighted by Gasteiger charge is 2.26. The molecule has 21 heavy (non-hydrogen) atoms. The smallest absolute Gasteiger partial charge is 0.308 e. The second-order valence-electron chi connectivity index (χ2n) is 5.69. The van der Waals surface area contributed by atoms with Gasteiger partial charge in [-0.2, -0.15) is 0 Å². The van der Waals surface area contributed by atoms with Gasteiger partial charge in [-0.05, 0) is 7.05 Å². The molecule has 2 rings (SSSR count). The van der Waals surface area contributed by atoms with Crippen LogP contribution in [0.25, 0.3) is 0 Å². The number of morpholine rings is 1. The zero-order valence-electron chi connectivity index (χ0n) is 12.9. The summed E-state index contributed by atoms with van der Waals surface area (Å²) in [4.78, 5) is 29.8. The number of nitrogens with zero attached hydrogens (tertiary/aromatic N) is 3. The van der Waals surface area contributed by atoms with E-state index in [4.69, 9.17) is 4.74 Å². The van der Waals surface area contributed by atoms with Crippen LogP contribution in [-0.4, -0.2) is 99.3 Å². The van der Waals surface area contributed by atoms with Crippen molar-refractivity contribution in [3.63, 3.8) is 0 Å². The standard InChI is InChI=1S/C14H25N3O4/c1-15-3-5-17(6-4-15)13(18)11-16-7-8-21-12(10-16)9-14(19)20-2/h12H,3-11H2,1-2H3. The molecule has 1 atom stereocenters. The minimum absolute atomic E-state index is 0.168. The van der Waals surface area contributed by atoms with Gasteiger partial charge in [-0.1, -0.05) is 0 Å². The van der Waals surface area contributed by atoms with Crippen molar-refractivity contribution in [2.45, 2.75) is 12.5 Å². The normalized spacial score (nSPS) is 24.9. The summed E-state index contributed by atoms with van der Waals surface area (Å²) >= 11 is 0. The van der Waals surface area contributed by atoms with Crippen molar-refractivity contribution in [1.29, 1.82) is 0 Å². The van der Waals surface area contributed by atoms with Gasteiger partial charge in [0.1, 0.15) is 0 Å². The number of esters is 1. The number of carbonyl (C=O) groups is 2. The van der Waals surface area contributed by atoms with Crippen molar-refractivity contribution in [3.05, 3.63) is 0 Å². The van der Waals surface area contributed by atoms with Gasteiger partial charge >= 0.3 is 5.97 Å². The highest BCUT2D eigenvalue weighted by Crippen LogP contribution is 2.10. The Labute approximate surface area is 125 Å². The highest BCUT2D eigenvalue weighted by molar-refractivity contribution is 5.78. The molecule has 7 nitrogen and oxygen atoms in total. The zero-order valence-corrected chi connectivity index (χ0v) is 12.9. The quantitative estimate of drug-likeness (QED) is 0.622. The van der Waals surface area contributed by atoms with Crippen LogP contribution in [0.2, 0.25) is 0 Å². The van der Waals surface area contributed by atoms with E-state index in [-0.39, 0.29) is 24.4 Å². The fourth-order valence-electron chi connectivity index (χ4n) is 2.66. The maximum Gasteiger partial charge on any atom is 0.308 e.